The molecular weight excluding hydrogens is 244 g/mol. The van der Waals surface area contributed by atoms with Crippen molar-refractivity contribution in [2.45, 2.75) is 45.2 Å². The summed E-state index contributed by atoms with van der Waals surface area (Å²) in [5, 5.41) is 0. The third-order valence-electron chi connectivity index (χ3n) is 3.92. The van der Waals surface area contributed by atoms with Crippen LogP contribution in [0.2, 0.25) is 0 Å². The lowest BCUT2D eigenvalue weighted by molar-refractivity contribution is -0.135. The molecule has 1 amide bonds. The van der Waals surface area contributed by atoms with Gasteiger partial charge in [-0.3, -0.25) is 4.79 Å². The quantitative estimate of drug-likeness (QED) is 0.914. The zero-order chi connectivity index (χ0) is 13.3. The van der Waals surface area contributed by atoms with E-state index in [2.05, 4.69) is 26.0 Å². The first-order chi connectivity index (χ1) is 8.49. The number of carbonyl (C=O) groups is 1. The molecule has 1 saturated carbocycles. The van der Waals surface area contributed by atoms with Crippen LogP contribution in [0.15, 0.2) is 12.1 Å². The fraction of sp³-hybridized carbons (Fsp3) is 0.643. The van der Waals surface area contributed by atoms with E-state index in [1.54, 1.807) is 11.3 Å². The van der Waals surface area contributed by atoms with Crippen molar-refractivity contribution in [1.29, 1.82) is 0 Å². The predicted molar refractivity (Wildman–Crippen MR) is 75.6 cm³/mol. The van der Waals surface area contributed by atoms with Crippen LogP contribution in [0.4, 0.5) is 0 Å². The van der Waals surface area contributed by atoms with Gasteiger partial charge in [-0.15, -0.1) is 11.3 Å². The van der Waals surface area contributed by atoms with E-state index in [0.717, 1.165) is 19.3 Å². The molecule has 1 aliphatic carbocycles. The molecule has 0 saturated heterocycles. The molecule has 0 radical (unpaired) electrons. The minimum Gasteiger partial charge on any atom is -0.338 e. The number of aryl methyl sites for hydroxylation is 1. The second-order valence-corrected chi connectivity index (χ2v) is 6.66. The standard InChI is InChI=1S/C14H22N2OS/c1-9-4-7-13(18-9)10(2)16(3)14(17)11-5-6-12(15)8-11/h4,7,10-12H,5-6,8,15H2,1-3H3. The predicted octanol–water partition coefficient (Wildman–Crippen LogP) is 2.70. The van der Waals surface area contributed by atoms with Crippen LogP contribution in [-0.2, 0) is 4.79 Å². The Morgan fingerprint density at radius 1 is 1.50 bits per heavy atom. The Balaban J connectivity index is 2.02. The summed E-state index contributed by atoms with van der Waals surface area (Å²) >= 11 is 1.77. The molecule has 1 aliphatic rings. The van der Waals surface area contributed by atoms with E-state index < -0.39 is 0 Å². The maximum absolute atomic E-state index is 12.4. The summed E-state index contributed by atoms with van der Waals surface area (Å²) in [5.74, 6) is 0.384. The first-order valence-corrected chi connectivity index (χ1v) is 7.39. The highest BCUT2D eigenvalue weighted by Crippen LogP contribution is 2.31. The Morgan fingerprint density at radius 3 is 2.72 bits per heavy atom. The third kappa shape index (κ3) is 2.75. The highest BCUT2D eigenvalue weighted by atomic mass is 32.1. The molecule has 1 aromatic rings. The molecule has 1 fully saturated rings. The van der Waals surface area contributed by atoms with Crippen molar-refractivity contribution in [2.75, 3.05) is 7.05 Å². The van der Waals surface area contributed by atoms with Gasteiger partial charge in [0.2, 0.25) is 5.91 Å². The Kier molecular flexibility index (Phi) is 4.07. The van der Waals surface area contributed by atoms with Crippen LogP contribution in [0.25, 0.3) is 0 Å². The second-order valence-electron chi connectivity index (χ2n) is 5.34. The van der Waals surface area contributed by atoms with Crippen LogP contribution < -0.4 is 5.73 Å². The number of nitrogens with two attached hydrogens (primary N) is 1. The highest BCUT2D eigenvalue weighted by Gasteiger charge is 2.31. The molecule has 0 bridgehead atoms. The first-order valence-electron chi connectivity index (χ1n) is 6.57. The monoisotopic (exact) mass is 266 g/mol. The minimum atomic E-state index is 0.133. The van der Waals surface area contributed by atoms with Gasteiger partial charge in [-0.2, -0.15) is 0 Å². The van der Waals surface area contributed by atoms with E-state index in [1.165, 1.54) is 9.75 Å². The van der Waals surface area contributed by atoms with E-state index >= 15 is 0 Å². The Hall–Kier alpha value is -0.870. The molecule has 3 unspecified atom stereocenters. The van der Waals surface area contributed by atoms with Crippen molar-refractivity contribution >= 4 is 17.2 Å². The van der Waals surface area contributed by atoms with Crippen molar-refractivity contribution in [3.8, 4) is 0 Å². The fourth-order valence-electron chi connectivity index (χ4n) is 2.59. The van der Waals surface area contributed by atoms with Gasteiger partial charge in [-0.25, -0.2) is 0 Å². The summed E-state index contributed by atoms with van der Waals surface area (Å²) in [6.07, 6.45) is 2.77. The van der Waals surface area contributed by atoms with Gasteiger partial charge in [0.25, 0.3) is 0 Å². The maximum atomic E-state index is 12.4. The van der Waals surface area contributed by atoms with Crippen molar-refractivity contribution in [1.82, 2.24) is 4.90 Å². The third-order valence-corrected chi connectivity index (χ3v) is 5.09. The molecule has 3 atom stereocenters. The summed E-state index contributed by atoms with van der Waals surface area (Å²) in [6.45, 7) is 4.19. The number of nitrogens with zero attached hydrogens (tertiary/aromatic N) is 1. The molecule has 3 nitrogen and oxygen atoms in total. The maximum Gasteiger partial charge on any atom is 0.226 e. The lowest BCUT2D eigenvalue weighted by Crippen LogP contribution is -2.34. The summed E-state index contributed by atoms with van der Waals surface area (Å²) in [7, 11) is 1.91. The normalized spacial score (nSPS) is 25.1. The minimum absolute atomic E-state index is 0.133. The van der Waals surface area contributed by atoms with Crippen LogP contribution in [0.5, 0.6) is 0 Å². The Bertz CT molecular complexity index is 429. The van der Waals surface area contributed by atoms with Gasteiger partial charge >= 0.3 is 0 Å². The number of amides is 1. The zero-order valence-electron chi connectivity index (χ0n) is 11.3. The van der Waals surface area contributed by atoms with Gasteiger partial charge in [0.1, 0.15) is 0 Å². The summed E-state index contributed by atoms with van der Waals surface area (Å²) < 4.78 is 0. The number of carbonyl (C=O) groups excluding carboxylic acids is 1. The molecule has 1 aromatic heterocycles. The van der Waals surface area contributed by atoms with E-state index in [4.69, 9.17) is 5.73 Å². The molecule has 18 heavy (non-hydrogen) atoms. The summed E-state index contributed by atoms with van der Waals surface area (Å²) in [6, 6.07) is 4.61. The van der Waals surface area contributed by atoms with Gasteiger partial charge in [-0.1, -0.05) is 0 Å². The van der Waals surface area contributed by atoms with E-state index in [0.29, 0.717) is 0 Å². The van der Waals surface area contributed by atoms with Gasteiger partial charge in [0.15, 0.2) is 0 Å². The first kappa shape index (κ1) is 13.6. The van der Waals surface area contributed by atoms with Gasteiger partial charge in [0, 0.05) is 28.8 Å². The average Bonchev–Trinajstić information content (AvgIpc) is 2.95. The lowest BCUT2D eigenvalue weighted by atomic mass is 10.1. The zero-order valence-corrected chi connectivity index (χ0v) is 12.2. The molecule has 0 spiro atoms. The van der Waals surface area contributed by atoms with Crippen LogP contribution in [0, 0.1) is 12.8 Å². The Labute approximate surface area is 113 Å². The van der Waals surface area contributed by atoms with E-state index in [1.807, 2.05) is 11.9 Å². The molecule has 4 heteroatoms. The number of hydrogen-bond acceptors (Lipinski definition) is 3. The second kappa shape index (κ2) is 5.41. The van der Waals surface area contributed by atoms with Crippen molar-refractivity contribution in [3.63, 3.8) is 0 Å². The van der Waals surface area contributed by atoms with Gasteiger partial charge in [0.05, 0.1) is 6.04 Å². The molecule has 2 N–H and O–H groups in total. The van der Waals surface area contributed by atoms with Crippen molar-refractivity contribution < 1.29 is 4.79 Å². The molecule has 0 aromatic carbocycles. The van der Waals surface area contributed by atoms with Crippen molar-refractivity contribution in [2.24, 2.45) is 11.7 Å². The summed E-state index contributed by atoms with van der Waals surface area (Å²) in [4.78, 5) is 16.8. The molecule has 100 valence electrons. The number of rotatable bonds is 3. The smallest absolute Gasteiger partial charge is 0.226 e. The lowest BCUT2D eigenvalue weighted by Gasteiger charge is -2.27. The molecular formula is C14H22N2OS. The van der Waals surface area contributed by atoms with Crippen LogP contribution in [-0.4, -0.2) is 23.9 Å². The fourth-order valence-corrected chi connectivity index (χ4v) is 3.56. The van der Waals surface area contributed by atoms with Crippen LogP contribution >= 0.6 is 11.3 Å². The highest BCUT2D eigenvalue weighted by molar-refractivity contribution is 7.12. The van der Waals surface area contributed by atoms with Gasteiger partial charge in [-0.05, 0) is 45.2 Å². The Morgan fingerprint density at radius 2 is 2.22 bits per heavy atom. The van der Waals surface area contributed by atoms with Crippen LogP contribution in [0.3, 0.4) is 0 Å². The molecule has 1 heterocycles. The van der Waals surface area contributed by atoms with Crippen molar-refractivity contribution in [3.05, 3.63) is 21.9 Å². The molecule has 0 aliphatic heterocycles. The van der Waals surface area contributed by atoms with Gasteiger partial charge < -0.3 is 10.6 Å². The largest absolute Gasteiger partial charge is 0.338 e. The molecule has 2 rings (SSSR count). The number of hydrogen-bond donors (Lipinski definition) is 1. The van der Waals surface area contributed by atoms with E-state index in [9.17, 15) is 4.79 Å². The SMILES string of the molecule is Cc1ccc(C(C)N(C)C(=O)C2CCC(N)C2)s1. The topological polar surface area (TPSA) is 46.3 Å². The number of thiophene rings is 1. The van der Waals surface area contributed by atoms with Crippen LogP contribution in [0.1, 0.15) is 42.0 Å². The summed E-state index contributed by atoms with van der Waals surface area (Å²) in [5.41, 5.74) is 5.88. The average molecular weight is 266 g/mol. The van der Waals surface area contributed by atoms with E-state index in [-0.39, 0.29) is 23.9 Å².